The number of imidazole rings is 1. The third-order valence-electron chi connectivity index (χ3n) is 2.83. The average Bonchev–Trinajstić information content (AvgIpc) is 2.81. The normalized spacial score (nSPS) is 10.8. The van der Waals surface area contributed by atoms with E-state index in [1.54, 1.807) is 18.5 Å². The van der Waals surface area contributed by atoms with Crippen LogP contribution in [0, 0.1) is 0 Å². The number of carbonyl (C=O) groups excluding carboxylic acids is 2. The molecule has 2 aromatic carbocycles. The molecular formula is C13H8N2O2. The van der Waals surface area contributed by atoms with Crippen LogP contribution in [-0.4, -0.2) is 22.5 Å². The fourth-order valence-electron chi connectivity index (χ4n) is 1.97. The molecule has 1 heterocycles. The Morgan fingerprint density at radius 1 is 0.941 bits per heavy atom. The Balaban J connectivity index is 2.44. The van der Waals surface area contributed by atoms with Gasteiger partial charge in [0.1, 0.15) is 0 Å². The maximum atomic E-state index is 10.9. The number of carbonyl (C=O) groups is 2. The van der Waals surface area contributed by atoms with Gasteiger partial charge in [-0.3, -0.25) is 9.59 Å². The number of H-pyrrole nitrogens is 1. The van der Waals surface area contributed by atoms with E-state index in [0.717, 1.165) is 21.8 Å². The van der Waals surface area contributed by atoms with Crippen LogP contribution >= 0.6 is 0 Å². The molecule has 0 saturated carbocycles. The minimum atomic E-state index is 0.405. The van der Waals surface area contributed by atoms with Crippen molar-refractivity contribution < 1.29 is 9.59 Å². The van der Waals surface area contributed by atoms with Gasteiger partial charge in [0.25, 0.3) is 0 Å². The highest BCUT2D eigenvalue weighted by atomic mass is 16.1. The summed E-state index contributed by atoms with van der Waals surface area (Å²) in [4.78, 5) is 28.9. The van der Waals surface area contributed by atoms with Gasteiger partial charge in [-0.1, -0.05) is 0 Å². The van der Waals surface area contributed by atoms with Crippen LogP contribution in [0.1, 0.15) is 20.7 Å². The van der Waals surface area contributed by atoms with Gasteiger partial charge in [-0.2, -0.15) is 0 Å². The zero-order valence-electron chi connectivity index (χ0n) is 8.81. The second-order valence-electron chi connectivity index (χ2n) is 3.84. The molecule has 0 amide bonds. The number of benzene rings is 2. The summed E-state index contributed by atoms with van der Waals surface area (Å²) in [6.07, 6.45) is 3.00. The smallest absolute Gasteiger partial charge is 0.150 e. The lowest BCUT2D eigenvalue weighted by Gasteiger charge is -2.02. The second kappa shape index (κ2) is 3.52. The summed E-state index contributed by atoms with van der Waals surface area (Å²) in [6.45, 7) is 0. The Kier molecular flexibility index (Phi) is 2.01. The molecule has 3 rings (SSSR count). The Morgan fingerprint density at radius 2 is 1.59 bits per heavy atom. The number of aromatic amines is 1. The largest absolute Gasteiger partial charge is 0.345 e. The van der Waals surface area contributed by atoms with Gasteiger partial charge in [-0.25, -0.2) is 4.98 Å². The number of aldehydes is 2. The van der Waals surface area contributed by atoms with Crippen LogP contribution in [0.15, 0.2) is 30.6 Å². The summed E-state index contributed by atoms with van der Waals surface area (Å²) in [7, 11) is 0. The van der Waals surface area contributed by atoms with Crippen LogP contribution in [-0.2, 0) is 0 Å². The van der Waals surface area contributed by atoms with Crippen molar-refractivity contribution in [3.8, 4) is 0 Å². The van der Waals surface area contributed by atoms with Crippen molar-refractivity contribution in [2.45, 2.75) is 0 Å². The van der Waals surface area contributed by atoms with E-state index in [0.29, 0.717) is 23.7 Å². The quantitative estimate of drug-likeness (QED) is 0.679. The number of fused-ring (bicyclic) bond motifs is 2. The molecule has 3 aromatic rings. The van der Waals surface area contributed by atoms with Crippen LogP contribution in [0.25, 0.3) is 21.8 Å². The third kappa shape index (κ3) is 1.42. The standard InChI is InChI=1S/C13H8N2O2/c16-5-10-1-8-3-12-13(15-7-14-12)4-9(8)2-11(10)6-17/h1-7H,(H,14,15). The summed E-state index contributed by atoms with van der Waals surface area (Å²) in [6, 6.07) is 7.23. The number of nitrogens with zero attached hydrogens (tertiary/aromatic N) is 1. The van der Waals surface area contributed by atoms with E-state index in [2.05, 4.69) is 9.97 Å². The van der Waals surface area contributed by atoms with E-state index < -0.39 is 0 Å². The van der Waals surface area contributed by atoms with Crippen LogP contribution < -0.4 is 0 Å². The van der Waals surface area contributed by atoms with Gasteiger partial charge in [0, 0.05) is 11.1 Å². The molecule has 1 aromatic heterocycles. The van der Waals surface area contributed by atoms with Crippen LogP contribution in [0.5, 0.6) is 0 Å². The van der Waals surface area contributed by atoms with E-state index in [1.165, 1.54) is 0 Å². The highest BCUT2D eigenvalue weighted by Gasteiger charge is 2.05. The topological polar surface area (TPSA) is 62.8 Å². The molecule has 0 spiro atoms. The van der Waals surface area contributed by atoms with Gasteiger partial charge >= 0.3 is 0 Å². The molecule has 0 aliphatic carbocycles. The summed E-state index contributed by atoms with van der Waals surface area (Å²) >= 11 is 0. The SMILES string of the molecule is O=Cc1cc2cc3nc[nH]c3cc2cc1C=O. The first-order chi connectivity index (χ1) is 8.31. The van der Waals surface area contributed by atoms with E-state index >= 15 is 0 Å². The lowest BCUT2D eigenvalue weighted by atomic mass is 10.0. The first kappa shape index (κ1) is 9.72. The molecule has 0 saturated heterocycles. The van der Waals surface area contributed by atoms with Gasteiger partial charge in [-0.15, -0.1) is 0 Å². The molecule has 0 aliphatic rings. The Hall–Kier alpha value is -2.49. The minimum Gasteiger partial charge on any atom is -0.345 e. The van der Waals surface area contributed by atoms with Gasteiger partial charge in [0.05, 0.1) is 17.4 Å². The lowest BCUT2D eigenvalue weighted by molar-refractivity contribution is 0.109. The average molecular weight is 224 g/mol. The van der Waals surface area contributed by atoms with Crippen LogP contribution in [0.3, 0.4) is 0 Å². The fourth-order valence-corrected chi connectivity index (χ4v) is 1.97. The maximum absolute atomic E-state index is 10.9. The van der Waals surface area contributed by atoms with Gasteiger partial charge in [-0.05, 0) is 35.0 Å². The molecule has 82 valence electrons. The predicted molar refractivity (Wildman–Crippen MR) is 64.4 cm³/mol. The molecule has 0 fully saturated rings. The highest BCUT2D eigenvalue weighted by Crippen LogP contribution is 2.23. The van der Waals surface area contributed by atoms with Crippen molar-refractivity contribution in [1.29, 1.82) is 0 Å². The number of rotatable bonds is 2. The molecule has 0 aliphatic heterocycles. The van der Waals surface area contributed by atoms with Crippen molar-refractivity contribution in [3.63, 3.8) is 0 Å². The number of hydrogen-bond donors (Lipinski definition) is 1. The molecule has 4 nitrogen and oxygen atoms in total. The summed E-state index contributed by atoms with van der Waals surface area (Å²) in [5, 5.41) is 1.81. The van der Waals surface area contributed by atoms with E-state index in [9.17, 15) is 9.59 Å². The molecule has 4 heteroatoms. The van der Waals surface area contributed by atoms with E-state index in [-0.39, 0.29) is 0 Å². The summed E-state index contributed by atoms with van der Waals surface area (Å²) in [5.74, 6) is 0. The Labute approximate surface area is 96.3 Å². The van der Waals surface area contributed by atoms with Crippen molar-refractivity contribution in [2.24, 2.45) is 0 Å². The van der Waals surface area contributed by atoms with Gasteiger partial charge in [0.15, 0.2) is 12.6 Å². The fraction of sp³-hybridized carbons (Fsp3) is 0. The molecular weight excluding hydrogens is 216 g/mol. The first-order valence-electron chi connectivity index (χ1n) is 5.13. The van der Waals surface area contributed by atoms with Crippen molar-refractivity contribution in [1.82, 2.24) is 9.97 Å². The van der Waals surface area contributed by atoms with E-state index in [4.69, 9.17) is 0 Å². The van der Waals surface area contributed by atoms with Crippen molar-refractivity contribution in [3.05, 3.63) is 41.7 Å². The summed E-state index contributed by atoms with van der Waals surface area (Å²) < 4.78 is 0. The number of hydrogen-bond acceptors (Lipinski definition) is 3. The van der Waals surface area contributed by atoms with Crippen molar-refractivity contribution >= 4 is 34.4 Å². The first-order valence-corrected chi connectivity index (χ1v) is 5.13. The molecule has 1 N–H and O–H groups in total. The minimum absolute atomic E-state index is 0.405. The van der Waals surface area contributed by atoms with E-state index in [1.807, 2.05) is 12.1 Å². The molecule has 0 atom stereocenters. The third-order valence-corrected chi connectivity index (χ3v) is 2.83. The molecule has 0 radical (unpaired) electrons. The van der Waals surface area contributed by atoms with Gasteiger partial charge < -0.3 is 4.98 Å². The summed E-state index contributed by atoms with van der Waals surface area (Å²) in [5.41, 5.74) is 2.56. The Bertz CT molecular complexity index is 682. The number of aromatic nitrogens is 2. The van der Waals surface area contributed by atoms with Crippen molar-refractivity contribution in [2.75, 3.05) is 0 Å². The lowest BCUT2D eigenvalue weighted by Crippen LogP contribution is -1.91. The van der Waals surface area contributed by atoms with Crippen LogP contribution in [0.2, 0.25) is 0 Å². The van der Waals surface area contributed by atoms with Crippen LogP contribution in [0.4, 0.5) is 0 Å². The molecule has 0 bridgehead atoms. The highest BCUT2D eigenvalue weighted by molar-refractivity contribution is 6.02. The zero-order chi connectivity index (χ0) is 11.8. The molecule has 0 unspecified atom stereocenters. The number of nitrogens with one attached hydrogen (secondary N) is 1. The second-order valence-corrected chi connectivity index (χ2v) is 3.84. The zero-order valence-corrected chi connectivity index (χ0v) is 8.81. The maximum Gasteiger partial charge on any atom is 0.150 e. The van der Waals surface area contributed by atoms with Gasteiger partial charge in [0.2, 0.25) is 0 Å². The monoisotopic (exact) mass is 224 g/mol. The predicted octanol–water partition coefficient (Wildman–Crippen LogP) is 2.34. The Morgan fingerprint density at radius 3 is 2.24 bits per heavy atom. The molecule has 17 heavy (non-hydrogen) atoms.